The summed E-state index contributed by atoms with van der Waals surface area (Å²) in [7, 11) is 0. The molecule has 0 aromatic heterocycles. The summed E-state index contributed by atoms with van der Waals surface area (Å²) >= 11 is 0. The van der Waals surface area contributed by atoms with E-state index in [9.17, 15) is 10.2 Å². The number of hydrogen-bond donors (Lipinski definition) is 4. The molecule has 2 aliphatic heterocycles. The van der Waals surface area contributed by atoms with E-state index in [0.717, 1.165) is 19.5 Å². The van der Waals surface area contributed by atoms with Crippen LogP contribution in [0.4, 0.5) is 0 Å². The van der Waals surface area contributed by atoms with E-state index in [4.69, 9.17) is 0 Å². The number of rotatable bonds is 6. The summed E-state index contributed by atoms with van der Waals surface area (Å²) in [5, 5.41) is 26.4. The first-order valence-electron chi connectivity index (χ1n) is 8.03. The van der Waals surface area contributed by atoms with E-state index in [0.29, 0.717) is 23.9 Å². The zero-order valence-corrected chi connectivity index (χ0v) is 12.0. The van der Waals surface area contributed by atoms with Crippen molar-refractivity contribution in [2.75, 3.05) is 26.3 Å². The van der Waals surface area contributed by atoms with Crippen LogP contribution in [0.1, 0.15) is 44.9 Å². The smallest absolute Gasteiger partial charge is 0.0474 e. The molecule has 4 heteroatoms. The molecule has 2 saturated heterocycles. The molecule has 0 aromatic rings. The Kier molecular flexibility index (Phi) is 6.57. The lowest BCUT2D eigenvalue weighted by molar-refractivity contribution is 0.102. The van der Waals surface area contributed by atoms with Gasteiger partial charge in [0.05, 0.1) is 0 Å². The van der Waals surface area contributed by atoms with E-state index < -0.39 is 0 Å². The molecular weight excluding hydrogens is 240 g/mol. The summed E-state index contributed by atoms with van der Waals surface area (Å²) in [6.45, 7) is 2.63. The maximum Gasteiger partial charge on any atom is 0.0474 e. The minimum Gasteiger partial charge on any atom is -0.396 e. The molecule has 4 atom stereocenters. The summed E-state index contributed by atoms with van der Waals surface area (Å²) in [5.41, 5.74) is 0. The Bertz CT molecular complexity index is 214. The molecule has 2 fully saturated rings. The number of piperidine rings is 2. The molecule has 4 nitrogen and oxygen atoms in total. The molecule has 0 unspecified atom stereocenters. The highest BCUT2D eigenvalue weighted by Gasteiger charge is 2.29. The third-order valence-corrected chi connectivity index (χ3v) is 4.91. The molecule has 0 amide bonds. The Hall–Kier alpha value is -0.160. The molecule has 0 aliphatic carbocycles. The molecule has 2 heterocycles. The second-order valence-corrected chi connectivity index (χ2v) is 6.23. The van der Waals surface area contributed by atoms with Gasteiger partial charge in [0, 0.05) is 25.3 Å². The summed E-state index contributed by atoms with van der Waals surface area (Å²) in [4.78, 5) is 0. The van der Waals surface area contributed by atoms with E-state index in [-0.39, 0.29) is 13.2 Å². The van der Waals surface area contributed by atoms with Crippen LogP contribution in [0.25, 0.3) is 0 Å². The first kappa shape index (κ1) is 15.2. The van der Waals surface area contributed by atoms with E-state index in [1.165, 1.54) is 38.5 Å². The molecule has 2 rings (SSSR count). The minimum absolute atomic E-state index is 0.237. The molecule has 0 spiro atoms. The lowest BCUT2D eigenvalue weighted by atomic mass is 9.81. The highest BCUT2D eigenvalue weighted by atomic mass is 16.3. The van der Waals surface area contributed by atoms with Gasteiger partial charge in [-0.25, -0.2) is 0 Å². The van der Waals surface area contributed by atoms with E-state index in [1.54, 1.807) is 0 Å². The number of aliphatic hydroxyl groups excluding tert-OH is 2. The third kappa shape index (κ3) is 4.42. The predicted octanol–water partition coefficient (Wildman–Crippen LogP) is 0.878. The first-order valence-corrected chi connectivity index (χ1v) is 8.03. The van der Waals surface area contributed by atoms with Gasteiger partial charge < -0.3 is 20.8 Å². The van der Waals surface area contributed by atoms with Gasteiger partial charge >= 0.3 is 0 Å². The van der Waals surface area contributed by atoms with Gasteiger partial charge in [0.1, 0.15) is 0 Å². The van der Waals surface area contributed by atoms with Crippen molar-refractivity contribution in [2.45, 2.75) is 57.0 Å². The number of aliphatic hydroxyl groups is 2. The minimum atomic E-state index is 0.237. The molecule has 0 aromatic carbocycles. The van der Waals surface area contributed by atoms with Crippen molar-refractivity contribution in [3.63, 3.8) is 0 Å². The van der Waals surface area contributed by atoms with Gasteiger partial charge in [-0.1, -0.05) is 12.8 Å². The van der Waals surface area contributed by atoms with Crippen molar-refractivity contribution in [3.8, 4) is 0 Å². The van der Waals surface area contributed by atoms with Crippen LogP contribution in [0.2, 0.25) is 0 Å². The SMILES string of the molecule is OC[C@@H](C[C@@H](CO)[C@H]1CCCCN1)[C@@H]1CCCCN1. The van der Waals surface area contributed by atoms with Gasteiger partial charge in [-0.3, -0.25) is 0 Å². The second kappa shape index (κ2) is 8.20. The largest absolute Gasteiger partial charge is 0.396 e. The predicted molar refractivity (Wildman–Crippen MR) is 77.1 cm³/mol. The van der Waals surface area contributed by atoms with Crippen LogP contribution in [0, 0.1) is 11.8 Å². The van der Waals surface area contributed by atoms with Gasteiger partial charge in [-0.2, -0.15) is 0 Å². The first-order chi connectivity index (χ1) is 9.35. The average molecular weight is 270 g/mol. The summed E-state index contributed by atoms with van der Waals surface area (Å²) in [6, 6.07) is 0.882. The molecule has 0 saturated carbocycles. The fraction of sp³-hybridized carbons (Fsp3) is 1.00. The maximum absolute atomic E-state index is 9.68. The Morgan fingerprint density at radius 1 is 0.789 bits per heavy atom. The summed E-state index contributed by atoms with van der Waals surface area (Å²) < 4.78 is 0. The molecule has 112 valence electrons. The fourth-order valence-electron chi connectivity index (χ4n) is 3.68. The number of hydrogen-bond acceptors (Lipinski definition) is 4. The molecule has 4 N–H and O–H groups in total. The summed E-state index contributed by atoms with van der Waals surface area (Å²) in [5.74, 6) is 0.586. The highest BCUT2D eigenvalue weighted by molar-refractivity contribution is 4.86. The van der Waals surface area contributed by atoms with Gasteiger partial charge in [0.2, 0.25) is 0 Å². The topological polar surface area (TPSA) is 64.5 Å². The van der Waals surface area contributed by atoms with Crippen LogP contribution in [-0.4, -0.2) is 48.6 Å². The normalized spacial score (nSPS) is 31.9. The Labute approximate surface area is 117 Å². The average Bonchev–Trinajstić information content (AvgIpc) is 2.50. The van der Waals surface area contributed by atoms with Gasteiger partial charge in [-0.05, 0) is 57.0 Å². The second-order valence-electron chi connectivity index (χ2n) is 6.23. The number of nitrogens with one attached hydrogen (secondary N) is 2. The van der Waals surface area contributed by atoms with E-state index in [1.807, 2.05) is 0 Å². The Morgan fingerprint density at radius 2 is 1.26 bits per heavy atom. The van der Waals surface area contributed by atoms with Gasteiger partial charge in [0.25, 0.3) is 0 Å². The zero-order valence-electron chi connectivity index (χ0n) is 12.0. The zero-order chi connectivity index (χ0) is 13.5. The van der Waals surface area contributed by atoms with Crippen molar-refractivity contribution in [2.24, 2.45) is 11.8 Å². The van der Waals surface area contributed by atoms with Gasteiger partial charge in [-0.15, -0.1) is 0 Å². The molecule has 0 radical (unpaired) electrons. The maximum atomic E-state index is 9.68. The Balaban J connectivity index is 1.86. The van der Waals surface area contributed by atoms with Crippen molar-refractivity contribution in [1.29, 1.82) is 0 Å². The Morgan fingerprint density at radius 3 is 1.58 bits per heavy atom. The van der Waals surface area contributed by atoms with Crippen molar-refractivity contribution < 1.29 is 10.2 Å². The van der Waals surface area contributed by atoms with E-state index >= 15 is 0 Å². The molecular formula is C15H30N2O2. The van der Waals surface area contributed by atoms with Crippen LogP contribution in [0.3, 0.4) is 0 Å². The molecule has 0 bridgehead atoms. The van der Waals surface area contributed by atoms with Crippen molar-refractivity contribution >= 4 is 0 Å². The van der Waals surface area contributed by atoms with Gasteiger partial charge in [0.15, 0.2) is 0 Å². The summed E-state index contributed by atoms with van der Waals surface area (Å²) in [6.07, 6.45) is 8.30. The van der Waals surface area contributed by atoms with Crippen LogP contribution in [0.15, 0.2) is 0 Å². The quantitative estimate of drug-likeness (QED) is 0.578. The molecule has 19 heavy (non-hydrogen) atoms. The standard InChI is InChI=1S/C15H30N2O2/c18-10-12(14-5-1-3-7-16-14)9-13(11-19)15-6-2-4-8-17-15/h12-19H,1-11H2/t12-,13+,14+,15-. The van der Waals surface area contributed by atoms with Crippen LogP contribution in [0.5, 0.6) is 0 Å². The van der Waals surface area contributed by atoms with Crippen LogP contribution in [-0.2, 0) is 0 Å². The fourth-order valence-corrected chi connectivity index (χ4v) is 3.68. The monoisotopic (exact) mass is 270 g/mol. The lowest BCUT2D eigenvalue weighted by Gasteiger charge is -2.36. The highest BCUT2D eigenvalue weighted by Crippen LogP contribution is 2.26. The van der Waals surface area contributed by atoms with Crippen molar-refractivity contribution in [3.05, 3.63) is 0 Å². The van der Waals surface area contributed by atoms with Crippen LogP contribution >= 0.6 is 0 Å². The van der Waals surface area contributed by atoms with Crippen LogP contribution < -0.4 is 10.6 Å². The molecule has 2 aliphatic rings. The lowest BCUT2D eigenvalue weighted by Crippen LogP contribution is -2.46. The van der Waals surface area contributed by atoms with E-state index in [2.05, 4.69) is 10.6 Å². The van der Waals surface area contributed by atoms with Crippen molar-refractivity contribution in [1.82, 2.24) is 10.6 Å². The third-order valence-electron chi connectivity index (χ3n) is 4.91.